The van der Waals surface area contributed by atoms with Crippen molar-refractivity contribution in [3.63, 3.8) is 0 Å². The number of primary sulfonamides is 1. The Morgan fingerprint density at radius 3 is 2.40 bits per heavy atom. The van der Waals surface area contributed by atoms with E-state index in [1.165, 1.54) is 30.2 Å². The average Bonchev–Trinajstić information content (AvgIpc) is 3.23. The van der Waals surface area contributed by atoms with Crippen LogP contribution >= 0.6 is 0 Å². The summed E-state index contributed by atoms with van der Waals surface area (Å²) in [5.41, 5.74) is 7.21. The Morgan fingerprint density at radius 1 is 1.03 bits per heavy atom. The number of rotatable bonds is 6. The van der Waals surface area contributed by atoms with Gasteiger partial charge in [0, 0.05) is 30.3 Å². The van der Waals surface area contributed by atoms with Gasteiger partial charge in [-0.2, -0.15) is 5.10 Å². The van der Waals surface area contributed by atoms with Crippen molar-refractivity contribution >= 4 is 21.5 Å². The molecule has 0 amide bonds. The Morgan fingerprint density at radius 2 is 1.74 bits per heavy atom. The zero-order valence-corrected chi connectivity index (χ0v) is 20.2. The molecule has 0 radical (unpaired) electrons. The number of benzene rings is 3. The molecular formula is C26H27N5O3S. The van der Waals surface area contributed by atoms with Crippen LogP contribution in [0.3, 0.4) is 0 Å². The molecule has 1 heterocycles. The van der Waals surface area contributed by atoms with Gasteiger partial charge < -0.3 is 11.5 Å². The Bertz CT molecular complexity index is 1490. The summed E-state index contributed by atoms with van der Waals surface area (Å²) in [5, 5.41) is 13.4. The summed E-state index contributed by atoms with van der Waals surface area (Å²) in [7, 11) is -3.80. The van der Waals surface area contributed by atoms with Gasteiger partial charge in [0.25, 0.3) is 0 Å². The topological polar surface area (TPSA) is 142 Å². The first-order chi connectivity index (χ1) is 16.3. The summed E-state index contributed by atoms with van der Waals surface area (Å²) in [6, 6.07) is 22.7. The monoisotopic (exact) mass is 489 g/mol. The highest BCUT2D eigenvalue weighted by Gasteiger charge is 2.28. The van der Waals surface area contributed by atoms with Gasteiger partial charge in [0.2, 0.25) is 10.0 Å². The number of sulfonamides is 1. The molecular weight excluding hydrogens is 462 g/mol. The number of nitrogens with one attached hydrogen (secondary N) is 1. The average molecular weight is 490 g/mol. The van der Waals surface area contributed by atoms with E-state index in [1.54, 1.807) is 16.8 Å². The second-order valence-corrected chi connectivity index (χ2v) is 9.96. The van der Waals surface area contributed by atoms with E-state index in [4.69, 9.17) is 5.14 Å². The van der Waals surface area contributed by atoms with E-state index in [-0.39, 0.29) is 16.8 Å². The highest BCUT2D eigenvalue weighted by molar-refractivity contribution is 7.89. The van der Waals surface area contributed by atoms with Gasteiger partial charge in [-0.25, -0.2) is 18.2 Å². The number of hydrogen-bond acceptors (Lipinski definition) is 6. The van der Waals surface area contributed by atoms with E-state index < -0.39 is 10.0 Å². The molecule has 0 fully saturated rings. The molecule has 1 aliphatic rings. The maximum Gasteiger partial charge on any atom is 0.238 e. The molecule has 0 aliphatic heterocycles. The van der Waals surface area contributed by atoms with Crippen molar-refractivity contribution in [2.24, 2.45) is 5.14 Å². The van der Waals surface area contributed by atoms with Crippen LogP contribution in [0.15, 0.2) is 77.7 Å². The lowest BCUT2D eigenvalue weighted by atomic mass is 9.88. The Hall–Kier alpha value is -3.79. The van der Waals surface area contributed by atoms with E-state index in [0.717, 1.165) is 28.9 Å². The largest absolute Gasteiger partial charge is 0.381 e. The van der Waals surface area contributed by atoms with Crippen molar-refractivity contribution in [3.05, 3.63) is 95.2 Å². The van der Waals surface area contributed by atoms with Gasteiger partial charge in [-0.05, 0) is 60.4 Å². The van der Waals surface area contributed by atoms with Gasteiger partial charge in [-0.15, -0.1) is 0 Å². The van der Waals surface area contributed by atoms with Gasteiger partial charge in [-0.3, -0.25) is 4.79 Å². The van der Waals surface area contributed by atoms with Crippen LogP contribution in [0.25, 0.3) is 16.9 Å². The molecule has 4 aromatic rings. The number of fused-ring (bicyclic) bond motifs is 3. The first-order valence-electron chi connectivity index (χ1n) is 11.0. The normalized spacial score (nSPS) is 12.3. The summed E-state index contributed by atoms with van der Waals surface area (Å²) in [4.78, 5) is 12.4. The van der Waals surface area contributed by atoms with Gasteiger partial charge >= 0.3 is 0 Å². The number of Topliss-reactive ketones (excluding diaryl/α,β-unsaturated/α-hetero) is 1. The lowest BCUT2D eigenvalue weighted by Gasteiger charge is -2.20. The fraction of sp³-hybridized carbons (Fsp3) is 0.154. The molecule has 0 saturated heterocycles. The number of nitrogens with zero attached hydrogens (tertiary/aromatic N) is 2. The SMILES string of the molecule is CC(=O)c1nn(-c2ccc(S(N)(=O)=O)cc2)c2c1CCc1ccc(NCc3ccccc3)cc1-2.N. The second-order valence-electron chi connectivity index (χ2n) is 8.39. The number of aryl methyl sites for hydroxylation is 1. The summed E-state index contributed by atoms with van der Waals surface area (Å²) < 4.78 is 25.1. The van der Waals surface area contributed by atoms with Crippen LogP contribution in [0, 0.1) is 0 Å². The Labute approximate surface area is 204 Å². The summed E-state index contributed by atoms with van der Waals surface area (Å²) in [6.07, 6.45) is 1.53. The first-order valence-corrected chi connectivity index (χ1v) is 12.5. The van der Waals surface area contributed by atoms with Gasteiger partial charge in [0.15, 0.2) is 5.78 Å². The predicted octanol–water partition coefficient (Wildman–Crippen LogP) is 4.26. The van der Waals surface area contributed by atoms with Crippen LogP contribution in [0.1, 0.15) is 34.1 Å². The molecule has 9 heteroatoms. The number of hydrogen-bond donors (Lipinski definition) is 3. The van der Waals surface area contributed by atoms with Crippen LogP contribution < -0.4 is 16.6 Å². The fourth-order valence-electron chi connectivity index (χ4n) is 4.40. The molecule has 0 unspecified atom stereocenters. The lowest BCUT2D eigenvalue weighted by molar-refractivity contribution is 0.101. The minimum absolute atomic E-state index is 0. The third kappa shape index (κ3) is 4.74. The van der Waals surface area contributed by atoms with Crippen molar-refractivity contribution in [2.45, 2.75) is 31.2 Å². The van der Waals surface area contributed by atoms with Gasteiger partial charge in [0.05, 0.1) is 16.3 Å². The third-order valence-corrected chi connectivity index (χ3v) is 7.00. The number of anilines is 1. The number of ketones is 1. The van der Waals surface area contributed by atoms with E-state index in [1.807, 2.05) is 18.2 Å². The first kappa shape index (κ1) is 24.3. The molecule has 0 saturated carbocycles. The minimum atomic E-state index is -3.80. The van der Waals surface area contributed by atoms with Crippen LogP contribution in [-0.2, 0) is 29.4 Å². The smallest absolute Gasteiger partial charge is 0.238 e. The van der Waals surface area contributed by atoms with E-state index in [0.29, 0.717) is 24.3 Å². The predicted molar refractivity (Wildman–Crippen MR) is 137 cm³/mol. The van der Waals surface area contributed by atoms with Gasteiger partial charge in [0.1, 0.15) is 5.69 Å². The molecule has 1 aliphatic carbocycles. The van der Waals surface area contributed by atoms with Crippen LogP contribution in [-0.4, -0.2) is 24.0 Å². The maximum atomic E-state index is 12.4. The van der Waals surface area contributed by atoms with Gasteiger partial charge in [-0.1, -0.05) is 36.4 Å². The molecule has 0 atom stereocenters. The molecule has 5 rings (SSSR count). The second kappa shape index (κ2) is 9.46. The molecule has 6 N–H and O–H groups in total. The van der Waals surface area contributed by atoms with Crippen molar-refractivity contribution < 1.29 is 13.2 Å². The number of carbonyl (C=O) groups is 1. The van der Waals surface area contributed by atoms with Crippen LogP contribution in [0.4, 0.5) is 5.69 Å². The van der Waals surface area contributed by atoms with Crippen LogP contribution in [0.5, 0.6) is 0 Å². The summed E-state index contributed by atoms with van der Waals surface area (Å²) in [5.74, 6) is -0.0991. The third-order valence-electron chi connectivity index (χ3n) is 6.08. The zero-order chi connectivity index (χ0) is 23.9. The molecule has 0 spiro atoms. The molecule has 8 nitrogen and oxygen atoms in total. The highest BCUT2D eigenvalue weighted by Crippen LogP contribution is 2.38. The fourth-order valence-corrected chi connectivity index (χ4v) is 4.91. The van der Waals surface area contributed by atoms with E-state index >= 15 is 0 Å². The van der Waals surface area contributed by atoms with E-state index in [9.17, 15) is 13.2 Å². The van der Waals surface area contributed by atoms with Crippen LogP contribution in [0.2, 0.25) is 0 Å². The molecule has 1 aromatic heterocycles. The number of aromatic nitrogens is 2. The van der Waals surface area contributed by atoms with Crippen molar-refractivity contribution in [2.75, 3.05) is 5.32 Å². The zero-order valence-electron chi connectivity index (χ0n) is 19.4. The highest BCUT2D eigenvalue weighted by atomic mass is 32.2. The molecule has 180 valence electrons. The van der Waals surface area contributed by atoms with Crippen molar-refractivity contribution in [1.29, 1.82) is 0 Å². The maximum absolute atomic E-state index is 12.4. The van der Waals surface area contributed by atoms with Crippen molar-refractivity contribution in [3.8, 4) is 16.9 Å². The minimum Gasteiger partial charge on any atom is -0.381 e. The lowest BCUT2D eigenvalue weighted by Crippen LogP contribution is -2.12. The number of nitrogens with two attached hydrogens (primary N) is 1. The molecule has 35 heavy (non-hydrogen) atoms. The summed E-state index contributed by atoms with van der Waals surface area (Å²) in [6.45, 7) is 2.21. The molecule has 3 aromatic carbocycles. The number of carbonyl (C=O) groups excluding carboxylic acids is 1. The summed E-state index contributed by atoms with van der Waals surface area (Å²) >= 11 is 0. The quantitative estimate of drug-likeness (QED) is 0.345. The van der Waals surface area contributed by atoms with E-state index in [2.05, 4.69) is 40.7 Å². The standard InChI is InChI=1S/C26H24N4O3S.H3N/c1-17(31)25-23-14-8-19-7-9-20(28-16-18-5-3-2-4-6-18)15-24(19)26(23)30(29-25)21-10-12-22(13-11-21)34(27,32)33;/h2-7,9-13,15,28H,8,14,16H2,1H3,(H2,27,32,33);1H3. The molecule has 0 bridgehead atoms. The van der Waals surface area contributed by atoms with Crippen molar-refractivity contribution in [1.82, 2.24) is 15.9 Å². The Balaban J connectivity index is 0.00000289. The Kier molecular flexibility index (Phi) is 6.58.